The highest BCUT2D eigenvalue weighted by Gasteiger charge is 2.34. The summed E-state index contributed by atoms with van der Waals surface area (Å²) in [7, 11) is 0. The molecule has 0 spiro atoms. The molecule has 1 aromatic heterocycles. The van der Waals surface area contributed by atoms with Gasteiger partial charge < -0.3 is 9.84 Å². The third kappa shape index (κ3) is 3.82. The third-order valence-corrected chi connectivity index (χ3v) is 1.82. The van der Waals surface area contributed by atoms with Gasteiger partial charge in [0, 0.05) is 12.3 Å². The van der Waals surface area contributed by atoms with E-state index >= 15 is 0 Å². The lowest BCUT2D eigenvalue weighted by Crippen LogP contribution is -2.14. The van der Waals surface area contributed by atoms with E-state index in [1.54, 1.807) is 0 Å². The van der Waals surface area contributed by atoms with Crippen molar-refractivity contribution in [2.24, 2.45) is 0 Å². The van der Waals surface area contributed by atoms with Crippen LogP contribution in [0.2, 0.25) is 0 Å². The van der Waals surface area contributed by atoms with Gasteiger partial charge in [-0.15, -0.1) is 0 Å². The van der Waals surface area contributed by atoms with Gasteiger partial charge in [0.1, 0.15) is 0 Å². The predicted octanol–water partition coefficient (Wildman–Crippen LogP) is 2.33. The Hall–Kier alpha value is -1.93. The van der Waals surface area contributed by atoms with Gasteiger partial charge >= 0.3 is 18.8 Å². The Kier molecular flexibility index (Phi) is 4.04. The first-order valence-electron chi connectivity index (χ1n) is 4.43. The zero-order valence-electron chi connectivity index (χ0n) is 8.54. The normalized spacial score (nSPS) is 11.7. The number of ether oxygens (including phenoxy) is 1. The van der Waals surface area contributed by atoms with Crippen molar-refractivity contribution in [2.45, 2.75) is 19.2 Å². The summed E-state index contributed by atoms with van der Waals surface area (Å²) in [6, 6.07) is 0.241. The molecule has 0 saturated heterocycles. The molecule has 0 saturated carbocycles. The summed E-state index contributed by atoms with van der Waals surface area (Å²) in [6.07, 6.45) is -5.25. The zero-order valence-corrected chi connectivity index (χ0v) is 8.54. The summed E-state index contributed by atoms with van der Waals surface area (Å²) in [6.45, 7) is -3.32. The minimum absolute atomic E-state index is 0.241. The zero-order chi connectivity index (χ0) is 13.9. The molecule has 0 bridgehead atoms. The Morgan fingerprint density at radius 2 is 2.06 bits per heavy atom. The maximum Gasteiger partial charge on any atom is 0.416 e. The van der Waals surface area contributed by atoms with Gasteiger partial charge in [0.2, 0.25) is 5.88 Å². The highest BCUT2D eigenvalue weighted by molar-refractivity contribution is 5.70. The smallest absolute Gasteiger partial charge is 0.416 e. The fourth-order valence-electron chi connectivity index (χ4n) is 1.19. The van der Waals surface area contributed by atoms with E-state index in [1.165, 1.54) is 0 Å². The first-order chi connectivity index (χ1) is 8.20. The molecule has 1 heterocycles. The van der Waals surface area contributed by atoms with Crippen LogP contribution in [0.3, 0.4) is 0 Å². The number of halogens is 5. The van der Waals surface area contributed by atoms with Gasteiger partial charge in [-0.05, 0) is 5.56 Å². The standard InChI is InChI=1S/C9H6F5NO3/c10-8(11)18-6-2-5(9(12,13)14)4(3-15-6)1-7(16)17/h2-3,8H,1H2,(H,16,17). The van der Waals surface area contributed by atoms with Crippen molar-refractivity contribution in [3.63, 3.8) is 0 Å². The van der Waals surface area contributed by atoms with Crippen LogP contribution in [0.15, 0.2) is 12.3 Å². The van der Waals surface area contributed by atoms with Crippen LogP contribution >= 0.6 is 0 Å². The average molecular weight is 271 g/mol. The summed E-state index contributed by atoms with van der Waals surface area (Å²) in [4.78, 5) is 13.5. The number of nitrogens with zero attached hydrogens (tertiary/aromatic N) is 1. The molecule has 0 aromatic carbocycles. The van der Waals surface area contributed by atoms with Crippen LogP contribution in [0.25, 0.3) is 0 Å². The number of hydrogen-bond donors (Lipinski definition) is 1. The molecule has 0 aliphatic carbocycles. The summed E-state index contributed by atoms with van der Waals surface area (Å²) in [5.41, 5.74) is -1.99. The van der Waals surface area contributed by atoms with E-state index in [9.17, 15) is 26.7 Å². The van der Waals surface area contributed by atoms with Gasteiger partial charge in [-0.2, -0.15) is 22.0 Å². The number of rotatable bonds is 4. The van der Waals surface area contributed by atoms with Gasteiger partial charge in [0.25, 0.3) is 0 Å². The van der Waals surface area contributed by atoms with E-state index < -0.39 is 42.2 Å². The fraction of sp³-hybridized carbons (Fsp3) is 0.333. The van der Waals surface area contributed by atoms with Crippen LogP contribution in [0.4, 0.5) is 22.0 Å². The molecule has 0 radical (unpaired) electrons. The molecule has 9 heteroatoms. The number of aliphatic carboxylic acids is 1. The summed E-state index contributed by atoms with van der Waals surface area (Å²) in [5, 5.41) is 8.43. The van der Waals surface area contributed by atoms with Crippen molar-refractivity contribution < 1.29 is 36.6 Å². The van der Waals surface area contributed by atoms with Gasteiger partial charge in [0.05, 0.1) is 12.0 Å². The monoisotopic (exact) mass is 271 g/mol. The van der Waals surface area contributed by atoms with Crippen molar-refractivity contribution in [3.05, 3.63) is 23.4 Å². The van der Waals surface area contributed by atoms with Crippen molar-refractivity contribution in [3.8, 4) is 5.88 Å². The van der Waals surface area contributed by atoms with E-state index in [0.717, 1.165) is 0 Å². The second-order valence-electron chi connectivity index (χ2n) is 3.13. The summed E-state index contributed by atoms with van der Waals surface area (Å²) >= 11 is 0. The molecule has 0 atom stereocenters. The molecular weight excluding hydrogens is 265 g/mol. The largest absolute Gasteiger partial charge is 0.481 e. The van der Waals surface area contributed by atoms with Crippen molar-refractivity contribution in [1.29, 1.82) is 0 Å². The third-order valence-electron chi connectivity index (χ3n) is 1.82. The molecule has 1 N–H and O–H groups in total. The highest BCUT2D eigenvalue weighted by Crippen LogP contribution is 2.34. The second-order valence-corrected chi connectivity index (χ2v) is 3.13. The summed E-state index contributed by atoms with van der Waals surface area (Å²) < 4.78 is 65.0. The van der Waals surface area contributed by atoms with Gasteiger partial charge in [-0.1, -0.05) is 0 Å². The maximum atomic E-state index is 12.6. The van der Waals surface area contributed by atoms with Crippen molar-refractivity contribution >= 4 is 5.97 Å². The van der Waals surface area contributed by atoms with Crippen LogP contribution in [0.1, 0.15) is 11.1 Å². The number of pyridine rings is 1. The molecule has 1 rings (SSSR count). The molecule has 0 unspecified atom stereocenters. The number of alkyl halides is 5. The molecule has 18 heavy (non-hydrogen) atoms. The number of aromatic nitrogens is 1. The quantitative estimate of drug-likeness (QED) is 0.854. The Labute approximate surface area is 97.0 Å². The number of carbonyl (C=O) groups is 1. The molecule has 1 aromatic rings. The predicted molar refractivity (Wildman–Crippen MR) is 47.2 cm³/mol. The Balaban J connectivity index is 3.16. The Bertz CT molecular complexity index is 446. The van der Waals surface area contributed by atoms with Gasteiger partial charge in [-0.3, -0.25) is 4.79 Å². The first-order valence-corrected chi connectivity index (χ1v) is 4.43. The van der Waals surface area contributed by atoms with E-state index in [0.29, 0.717) is 6.20 Å². The second kappa shape index (κ2) is 5.15. The van der Waals surface area contributed by atoms with Gasteiger partial charge in [0.15, 0.2) is 0 Å². The lowest BCUT2D eigenvalue weighted by atomic mass is 10.1. The molecule has 0 fully saturated rings. The number of carboxylic acid groups (broad SMARTS) is 1. The van der Waals surface area contributed by atoms with Crippen LogP contribution in [-0.4, -0.2) is 22.7 Å². The van der Waals surface area contributed by atoms with Gasteiger partial charge in [-0.25, -0.2) is 4.98 Å². The Morgan fingerprint density at radius 1 is 1.44 bits per heavy atom. The molecule has 0 amide bonds. The lowest BCUT2D eigenvalue weighted by molar-refractivity contribution is -0.140. The van der Waals surface area contributed by atoms with Crippen molar-refractivity contribution in [1.82, 2.24) is 4.98 Å². The minimum atomic E-state index is -4.88. The van der Waals surface area contributed by atoms with Crippen LogP contribution in [0.5, 0.6) is 5.88 Å². The van der Waals surface area contributed by atoms with E-state index in [-0.39, 0.29) is 6.07 Å². The van der Waals surface area contributed by atoms with E-state index in [2.05, 4.69) is 9.72 Å². The first kappa shape index (κ1) is 14.1. The topological polar surface area (TPSA) is 59.4 Å². The van der Waals surface area contributed by atoms with E-state index in [1.807, 2.05) is 0 Å². The van der Waals surface area contributed by atoms with Crippen LogP contribution in [-0.2, 0) is 17.4 Å². The average Bonchev–Trinajstić information content (AvgIpc) is 2.17. The lowest BCUT2D eigenvalue weighted by Gasteiger charge is -2.12. The maximum absolute atomic E-state index is 12.6. The molecule has 4 nitrogen and oxygen atoms in total. The van der Waals surface area contributed by atoms with Crippen molar-refractivity contribution in [2.75, 3.05) is 0 Å². The fourth-order valence-corrected chi connectivity index (χ4v) is 1.19. The van der Waals surface area contributed by atoms with Crippen LogP contribution < -0.4 is 4.74 Å². The molecule has 0 aliphatic rings. The minimum Gasteiger partial charge on any atom is -0.481 e. The van der Waals surface area contributed by atoms with E-state index in [4.69, 9.17) is 5.11 Å². The number of carboxylic acids is 1. The highest BCUT2D eigenvalue weighted by atomic mass is 19.4. The van der Waals surface area contributed by atoms with Crippen LogP contribution in [0, 0.1) is 0 Å². The molecule has 0 aliphatic heterocycles. The SMILES string of the molecule is O=C(O)Cc1cnc(OC(F)F)cc1C(F)(F)F. The summed E-state index contributed by atoms with van der Waals surface area (Å²) in [5.74, 6) is -2.42. The Morgan fingerprint density at radius 3 is 2.50 bits per heavy atom. The molecule has 100 valence electrons. The number of hydrogen-bond acceptors (Lipinski definition) is 3. The molecular formula is C9H6F5NO3.